The molecule has 1 aliphatic heterocycles. The third kappa shape index (κ3) is 3.40. The van der Waals surface area contributed by atoms with E-state index >= 15 is 0 Å². The number of nitrogens with one attached hydrogen (secondary N) is 1. The second kappa shape index (κ2) is 6.27. The number of piperazine rings is 1. The van der Waals surface area contributed by atoms with Crippen LogP contribution in [0.2, 0.25) is 0 Å². The quantitative estimate of drug-likeness (QED) is 0.859. The molecule has 1 saturated heterocycles. The molecule has 0 bridgehead atoms. The van der Waals surface area contributed by atoms with Gasteiger partial charge in [0.1, 0.15) is 11.6 Å². The van der Waals surface area contributed by atoms with Crippen LogP contribution < -0.4 is 5.32 Å². The second-order valence-corrected chi connectivity index (χ2v) is 5.04. The first-order valence-corrected chi connectivity index (χ1v) is 6.57. The summed E-state index contributed by atoms with van der Waals surface area (Å²) >= 11 is 0. The minimum absolute atomic E-state index is 0.239. The largest absolute Gasteiger partial charge is 0.378 e. The van der Waals surface area contributed by atoms with E-state index in [1.54, 1.807) is 7.11 Å². The van der Waals surface area contributed by atoms with Crippen LogP contribution in [0.15, 0.2) is 6.07 Å². The molecule has 106 valence electrons. The van der Waals surface area contributed by atoms with Gasteiger partial charge in [-0.1, -0.05) is 0 Å². The van der Waals surface area contributed by atoms with Crippen LogP contribution in [0.1, 0.15) is 17.6 Å². The maximum atomic E-state index is 5.18. The van der Waals surface area contributed by atoms with E-state index in [1.165, 1.54) is 0 Å². The molecule has 0 spiro atoms. The van der Waals surface area contributed by atoms with Crippen molar-refractivity contribution in [2.24, 2.45) is 0 Å². The van der Waals surface area contributed by atoms with Crippen molar-refractivity contribution >= 4 is 5.82 Å². The Morgan fingerprint density at radius 1 is 1.37 bits per heavy atom. The number of nitrogens with zero attached hydrogens (tertiary/aromatic N) is 4. The van der Waals surface area contributed by atoms with Crippen LogP contribution in [0.3, 0.4) is 0 Å². The van der Waals surface area contributed by atoms with Crippen molar-refractivity contribution in [3.8, 4) is 0 Å². The van der Waals surface area contributed by atoms with Gasteiger partial charge in [-0.2, -0.15) is 0 Å². The van der Waals surface area contributed by atoms with E-state index in [2.05, 4.69) is 39.2 Å². The molecular weight excluding hydrogens is 242 g/mol. The molecule has 6 heteroatoms. The number of methoxy groups -OCH3 is 1. The molecule has 1 fully saturated rings. The molecule has 6 nitrogen and oxygen atoms in total. The van der Waals surface area contributed by atoms with Gasteiger partial charge in [0.15, 0.2) is 0 Å². The smallest absolute Gasteiger partial charge is 0.149 e. The van der Waals surface area contributed by atoms with Gasteiger partial charge < -0.3 is 15.0 Å². The zero-order valence-electron chi connectivity index (χ0n) is 12.2. The molecule has 1 aromatic heterocycles. The number of likely N-dealkylation sites (N-methyl/N-ethyl adjacent to an activating group) is 2. The fourth-order valence-corrected chi connectivity index (χ4v) is 2.31. The Morgan fingerprint density at radius 2 is 2.16 bits per heavy atom. The second-order valence-electron chi connectivity index (χ2n) is 5.04. The van der Waals surface area contributed by atoms with Gasteiger partial charge in [0.2, 0.25) is 0 Å². The number of anilines is 1. The number of rotatable bonds is 4. The first-order chi connectivity index (χ1) is 9.13. The highest BCUT2D eigenvalue weighted by atomic mass is 16.5. The summed E-state index contributed by atoms with van der Waals surface area (Å²) in [5.74, 6) is 1.71. The zero-order valence-corrected chi connectivity index (χ0v) is 12.2. The molecule has 19 heavy (non-hydrogen) atoms. The molecule has 0 saturated carbocycles. The van der Waals surface area contributed by atoms with Crippen molar-refractivity contribution < 1.29 is 4.74 Å². The van der Waals surface area contributed by atoms with E-state index in [-0.39, 0.29) is 6.04 Å². The molecular formula is C13H23N5O. The average molecular weight is 265 g/mol. The van der Waals surface area contributed by atoms with Gasteiger partial charge in [0.25, 0.3) is 0 Å². The Bertz CT molecular complexity index is 425. The van der Waals surface area contributed by atoms with Crippen molar-refractivity contribution in [2.75, 3.05) is 53.2 Å². The lowest BCUT2D eigenvalue weighted by molar-refractivity contribution is 0.109. The summed E-state index contributed by atoms with van der Waals surface area (Å²) in [5, 5.41) is 3.09. The van der Waals surface area contributed by atoms with Crippen LogP contribution in [-0.4, -0.2) is 67.7 Å². The average Bonchev–Trinajstić information content (AvgIpc) is 2.41. The van der Waals surface area contributed by atoms with Crippen LogP contribution >= 0.6 is 0 Å². The summed E-state index contributed by atoms with van der Waals surface area (Å²) in [6.07, 6.45) is 0. The Kier molecular flexibility index (Phi) is 4.68. The molecule has 2 rings (SSSR count). The highest BCUT2D eigenvalue weighted by molar-refractivity contribution is 5.35. The van der Waals surface area contributed by atoms with Crippen molar-refractivity contribution in [3.05, 3.63) is 17.6 Å². The van der Waals surface area contributed by atoms with E-state index in [1.807, 2.05) is 13.1 Å². The SMILES string of the molecule is CNc1cc(COC)nc(C2CN(C)CCN2C)n1. The highest BCUT2D eigenvalue weighted by Gasteiger charge is 2.26. The summed E-state index contributed by atoms with van der Waals surface area (Å²) in [6, 6.07) is 2.17. The fraction of sp³-hybridized carbons (Fsp3) is 0.692. The molecule has 1 N–H and O–H groups in total. The third-order valence-corrected chi connectivity index (χ3v) is 3.49. The molecule has 1 aromatic rings. The van der Waals surface area contributed by atoms with Crippen molar-refractivity contribution in [3.63, 3.8) is 0 Å². The van der Waals surface area contributed by atoms with Crippen LogP contribution in [0.4, 0.5) is 5.82 Å². The normalized spacial score (nSPS) is 21.6. The summed E-state index contributed by atoms with van der Waals surface area (Å²) in [5.41, 5.74) is 0.915. The lowest BCUT2D eigenvalue weighted by Gasteiger charge is -2.36. The minimum atomic E-state index is 0.239. The van der Waals surface area contributed by atoms with E-state index < -0.39 is 0 Å². The molecule has 1 unspecified atom stereocenters. The molecule has 0 amide bonds. The van der Waals surface area contributed by atoms with Gasteiger partial charge in [0, 0.05) is 39.9 Å². The molecule has 2 heterocycles. The fourth-order valence-electron chi connectivity index (χ4n) is 2.31. The minimum Gasteiger partial charge on any atom is -0.378 e. The van der Waals surface area contributed by atoms with E-state index in [9.17, 15) is 0 Å². The number of aromatic nitrogens is 2. The van der Waals surface area contributed by atoms with Gasteiger partial charge in [-0.05, 0) is 14.1 Å². The topological polar surface area (TPSA) is 53.5 Å². The van der Waals surface area contributed by atoms with Gasteiger partial charge in [-0.3, -0.25) is 4.90 Å². The van der Waals surface area contributed by atoms with Gasteiger partial charge in [-0.15, -0.1) is 0 Å². The molecule has 0 aromatic carbocycles. The Morgan fingerprint density at radius 3 is 2.84 bits per heavy atom. The predicted octanol–water partition coefficient (Wildman–Crippen LogP) is 0.583. The first kappa shape index (κ1) is 14.2. The Labute approximate surface area is 114 Å². The molecule has 0 radical (unpaired) electrons. The summed E-state index contributed by atoms with van der Waals surface area (Å²) < 4.78 is 5.18. The lowest BCUT2D eigenvalue weighted by atomic mass is 10.1. The molecule has 0 aliphatic carbocycles. The number of hydrogen-bond acceptors (Lipinski definition) is 6. The van der Waals surface area contributed by atoms with Crippen LogP contribution in [-0.2, 0) is 11.3 Å². The summed E-state index contributed by atoms with van der Waals surface area (Å²) in [6.45, 7) is 3.59. The van der Waals surface area contributed by atoms with Gasteiger partial charge in [-0.25, -0.2) is 9.97 Å². The van der Waals surface area contributed by atoms with E-state index in [4.69, 9.17) is 4.74 Å². The van der Waals surface area contributed by atoms with Crippen molar-refractivity contribution in [2.45, 2.75) is 12.6 Å². The molecule has 1 aliphatic rings. The van der Waals surface area contributed by atoms with Crippen molar-refractivity contribution in [1.82, 2.24) is 19.8 Å². The lowest BCUT2D eigenvalue weighted by Crippen LogP contribution is -2.45. The standard InChI is InChI=1S/C13H23N5O/c1-14-12-7-10(9-19-4)15-13(16-12)11-8-17(2)5-6-18(11)3/h7,11H,5-6,8-9H2,1-4H3,(H,14,15,16). The maximum absolute atomic E-state index is 5.18. The van der Waals surface area contributed by atoms with Crippen molar-refractivity contribution in [1.29, 1.82) is 0 Å². The number of ether oxygens (including phenoxy) is 1. The Hall–Kier alpha value is -1.24. The molecule has 1 atom stereocenters. The first-order valence-electron chi connectivity index (χ1n) is 6.57. The van der Waals surface area contributed by atoms with Gasteiger partial charge >= 0.3 is 0 Å². The summed E-state index contributed by atoms with van der Waals surface area (Å²) in [4.78, 5) is 13.9. The van der Waals surface area contributed by atoms with Crippen LogP contribution in [0.25, 0.3) is 0 Å². The number of hydrogen-bond donors (Lipinski definition) is 1. The third-order valence-electron chi connectivity index (χ3n) is 3.49. The summed E-state index contributed by atoms with van der Waals surface area (Å²) in [7, 11) is 7.82. The maximum Gasteiger partial charge on any atom is 0.149 e. The van der Waals surface area contributed by atoms with E-state index in [0.29, 0.717) is 6.61 Å². The van der Waals surface area contributed by atoms with Crippen LogP contribution in [0, 0.1) is 0 Å². The van der Waals surface area contributed by atoms with E-state index in [0.717, 1.165) is 37.0 Å². The Balaban J connectivity index is 2.28. The van der Waals surface area contributed by atoms with Gasteiger partial charge in [0.05, 0.1) is 18.3 Å². The predicted molar refractivity (Wildman–Crippen MR) is 75.2 cm³/mol. The van der Waals surface area contributed by atoms with Crippen LogP contribution in [0.5, 0.6) is 0 Å². The highest BCUT2D eigenvalue weighted by Crippen LogP contribution is 2.22. The zero-order chi connectivity index (χ0) is 13.8. The monoisotopic (exact) mass is 265 g/mol.